The van der Waals surface area contributed by atoms with Crippen LogP contribution in [0.15, 0.2) is 48.5 Å². The molecular formula is C30H37F3O7. The zero-order chi connectivity index (χ0) is 29.3. The summed E-state index contributed by atoms with van der Waals surface area (Å²) < 4.78 is 66.8. The number of rotatable bonds is 12. The van der Waals surface area contributed by atoms with Crippen LogP contribution in [0, 0.1) is 5.92 Å². The Balaban J connectivity index is 1.45. The summed E-state index contributed by atoms with van der Waals surface area (Å²) in [4.78, 5) is 23.4. The number of carbonyl (C=O) groups excluding carboxylic acids is 2. The Kier molecular flexibility index (Phi) is 11.4. The van der Waals surface area contributed by atoms with Crippen LogP contribution in [0.1, 0.15) is 63.6 Å². The molecule has 3 rings (SSSR count). The number of hydrogen-bond donors (Lipinski definition) is 0. The number of benzene rings is 2. The summed E-state index contributed by atoms with van der Waals surface area (Å²) in [5, 5.41) is 0. The number of unbranched alkanes of at least 4 members (excludes halogenated alkanes) is 1. The Hall–Kier alpha value is -3.11. The molecule has 1 aliphatic heterocycles. The van der Waals surface area contributed by atoms with Gasteiger partial charge in [0.15, 0.2) is 12.4 Å². The minimum atomic E-state index is -4.36. The molecule has 10 heteroatoms. The highest BCUT2D eigenvalue weighted by atomic mass is 19.4. The van der Waals surface area contributed by atoms with Crippen molar-refractivity contribution in [1.29, 1.82) is 0 Å². The van der Waals surface area contributed by atoms with Gasteiger partial charge in [-0.1, -0.05) is 38.1 Å². The molecule has 1 aliphatic rings. The fourth-order valence-corrected chi connectivity index (χ4v) is 4.66. The molecule has 7 nitrogen and oxygen atoms in total. The Morgan fingerprint density at radius 2 is 1.48 bits per heavy atom. The molecule has 0 N–H and O–H groups in total. The standard InChI is InChI=1S/C30H37F3O7/c1-5-26-19(2)27(38-20(3)34)28(39-21(4)35)29(40-26)36-17-7-6-8-22-11-15-25(16-12-22)37-18-23-9-13-24(14-10-23)30(31,32)33/h9-16,19,26-29H,5-8,17-18H2,1-4H3. The van der Waals surface area contributed by atoms with Gasteiger partial charge in [-0.15, -0.1) is 0 Å². The Morgan fingerprint density at radius 1 is 0.875 bits per heavy atom. The van der Waals surface area contributed by atoms with Gasteiger partial charge in [0.1, 0.15) is 18.5 Å². The van der Waals surface area contributed by atoms with Gasteiger partial charge < -0.3 is 23.7 Å². The monoisotopic (exact) mass is 566 g/mol. The maximum absolute atomic E-state index is 12.7. The average molecular weight is 567 g/mol. The maximum atomic E-state index is 12.7. The molecular weight excluding hydrogens is 529 g/mol. The van der Waals surface area contributed by atoms with Gasteiger partial charge in [0.2, 0.25) is 0 Å². The van der Waals surface area contributed by atoms with Gasteiger partial charge in [-0.3, -0.25) is 9.59 Å². The second kappa shape index (κ2) is 14.5. The zero-order valence-electron chi connectivity index (χ0n) is 23.2. The van der Waals surface area contributed by atoms with Crippen molar-refractivity contribution >= 4 is 11.9 Å². The summed E-state index contributed by atoms with van der Waals surface area (Å²) in [6.45, 7) is 7.03. The molecule has 0 saturated carbocycles. The number of alkyl halides is 3. The molecule has 220 valence electrons. The van der Waals surface area contributed by atoms with Crippen LogP contribution >= 0.6 is 0 Å². The maximum Gasteiger partial charge on any atom is 0.416 e. The topological polar surface area (TPSA) is 80.3 Å². The van der Waals surface area contributed by atoms with Crippen molar-refractivity contribution < 1.29 is 46.4 Å². The third-order valence-electron chi connectivity index (χ3n) is 6.76. The number of halogens is 3. The Bertz CT molecular complexity index is 1090. The van der Waals surface area contributed by atoms with Crippen LogP contribution in [0.25, 0.3) is 0 Å². The van der Waals surface area contributed by atoms with E-state index in [4.69, 9.17) is 23.7 Å². The van der Waals surface area contributed by atoms with E-state index in [0.29, 0.717) is 24.3 Å². The molecule has 2 aromatic carbocycles. The highest BCUT2D eigenvalue weighted by Crippen LogP contribution is 2.33. The van der Waals surface area contributed by atoms with Crippen LogP contribution < -0.4 is 4.74 Å². The lowest BCUT2D eigenvalue weighted by Crippen LogP contribution is -2.57. The fraction of sp³-hybridized carbons (Fsp3) is 0.533. The summed E-state index contributed by atoms with van der Waals surface area (Å²) in [5.74, 6) is -0.506. The third kappa shape index (κ3) is 9.23. The number of esters is 2. The number of hydrogen-bond acceptors (Lipinski definition) is 7. The quantitative estimate of drug-likeness (QED) is 0.222. The third-order valence-corrected chi connectivity index (χ3v) is 6.76. The van der Waals surface area contributed by atoms with Crippen LogP contribution in [-0.2, 0) is 47.7 Å². The molecule has 5 atom stereocenters. The summed E-state index contributed by atoms with van der Waals surface area (Å²) >= 11 is 0. The number of ether oxygens (including phenoxy) is 5. The van der Waals surface area contributed by atoms with E-state index in [-0.39, 0.29) is 18.6 Å². The largest absolute Gasteiger partial charge is 0.489 e. The Labute approximate surface area is 232 Å². The van der Waals surface area contributed by atoms with E-state index in [1.165, 1.54) is 26.0 Å². The van der Waals surface area contributed by atoms with Crippen molar-refractivity contribution in [3.8, 4) is 5.75 Å². The van der Waals surface area contributed by atoms with Gasteiger partial charge in [0.05, 0.1) is 11.7 Å². The van der Waals surface area contributed by atoms with Gasteiger partial charge in [0, 0.05) is 26.4 Å². The second-order valence-corrected chi connectivity index (χ2v) is 9.91. The molecule has 0 spiro atoms. The lowest BCUT2D eigenvalue weighted by molar-refractivity contribution is -0.290. The molecule has 0 amide bonds. The van der Waals surface area contributed by atoms with Crippen molar-refractivity contribution in [1.82, 2.24) is 0 Å². The molecule has 0 aromatic heterocycles. The van der Waals surface area contributed by atoms with Crippen LogP contribution in [0.2, 0.25) is 0 Å². The van der Waals surface area contributed by atoms with E-state index < -0.39 is 42.2 Å². The molecule has 0 aliphatic carbocycles. The van der Waals surface area contributed by atoms with E-state index in [9.17, 15) is 22.8 Å². The van der Waals surface area contributed by atoms with E-state index in [1.54, 1.807) is 0 Å². The molecule has 1 fully saturated rings. The summed E-state index contributed by atoms with van der Waals surface area (Å²) in [5.41, 5.74) is 1.06. The molecule has 40 heavy (non-hydrogen) atoms. The molecule has 2 aromatic rings. The van der Waals surface area contributed by atoms with Gasteiger partial charge in [-0.2, -0.15) is 13.2 Å². The highest BCUT2D eigenvalue weighted by molar-refractivity contribution is 5.67. The second-order valence-electron chi connectivity index (χ2n) is 9.91. The predicted molar refractivity (Wildman–Crippen MR) is 140 cm³/mol. The number of carbonyl (C=O) groups is 2. The van der Waals surface area contributed by atoms with Gasteiger partial charge in [-0.25, -0.2) is 0 Å². The SMILES string of the molecule is CCC1OC(OCCCCc2ccc(OCc3ccc(C(F)(F)F)cc3)cc2)C(OC(C)=O)C(OC(C)=O)C1C. The van der Waals surface area contributed by atoms with Crippen molar-refractivity contribution in [2.45, 2.75) is 90.8 Å². The van der Waals surface area contributed by atoms with Crippen molar-refractivity contribution in [2.75, 3.05) is 6.61 Å². The van der Waals surface area contributed by atoms with Crippen molar-refractivity contribution in [3.63, 3.8) is 0 Å². The van der Waals surface area contributed by atoms with Crippen LogP contribution in [0.5, 0.6) is 5.75 Å². The van der Waals surface area contributed by atoms with E-state index in [0.717, 1.165) is 37.0 Å². The van der Waals surface area contributed by atoms with Crippen molar-refractivity contribution in [3.05, 3.63) is 65.2 Å². The normalized spacial score (nSPS) is 22.9. The summed E-state index contributed by atoms with van der Waals surface area (Å²) in [7, 11) is 0. The van der Waals surface area contributed by atoms with E-state index in [2.05, 4.69) is 0 Å². The summed E-state index contributed by atoms with van der Waals surface area (Å²) in [6.07, 6.45) is -3.87. The highest BCUT2D eigenvalue weighted by Gasteiger charge is 2.47. The van der Waals surface area contributed by atoms with Crippen LogP contribution in [0.3, 0.4) is 0 Å². The van der Waals surface area contributed by atoms with E-state index >= 15 is 0 Å². The zero-order valence-corrected chi connectivity index (χ0v) is 23.2. The first kappa shape index (κ1) is 31.4. The smallest absolute Gasteiger partial charge is 0.416 e. The first-order valence-corrected chi connectivity index (χ1v) is 13.5. The lowest BCUT2D eigenvalue weighted by Gasteiger charge is -2.43. The molecule has 0 bridgehead atoms. The van der Waals surface area contributed by atoms with Crippen molar-refractivity contribution in [2.24, 2.45) is 5.92 Å². The first-order valence-electron chi connectivity index (χ1n) is 13.5. The molecule has 1 heterocycles. The average Bonchev–Trinajstić information content (AvgIpc) is 2.90. The Morgan fingerprint density at radius 3 is 2.05 bits per heavy atom. The van der Waals surface area contributed by atoms with Gasteiger partial charge in [-0.05, 0) is 61.1 Å². The number of aryl methyl sites for hydroxylation is 1. The molecule has 5 unspecified atom stereocenters. The fourth-order valence-electron chi connectivity index (χ4n) is 4.66. The minimum Gasteiger partial charge on any atom is -0.489 e. The van der Waals surface area contributed by atoms with Crippen LogP contribution in [-0.4, -0.2) is 43.1 Å². The minimum absolute atomic E-state index is 0.167. The molecule has 0 radical (unpaired) electrons. The molecule has 1 saturated heterocycles. The van der Waals surface area contributed by atoms with Gasteiger partial charge >= 0.3 is 18.1 Å². The first-order chi connectivity index (χ1) is 19.0. The van der Waals surface area contributed by atoms with Crippen LogP contribution in [0.4, 0.5) is 13.2 Å². The van der Waals surface area contributed by atoms with Gasteiger partial charge in [0.25, 0.3) is 0 Å². The van der Waals surface area contributed by atoms with E-state index in [1.807, 2.05) is 38.1 Å². The predicted octanol–water partition coefficient (Wildman–Crippen LogP) is 6.26. The lowest BCUT2D eigenvalue weighted by atomic mass is 9.89. The summed E-state index contributed by atoms with van der Waals surface area (Å²) in [6, 6.07) is 12.5.